The summed E-state index contributed by atoms with van der Waals surface area (Å²) in [6.07, 6.45) is 0.222. The second kappa shape index (κ2) is 4.46. The molecule has 1 aromatic rings. The Balaban J connectivity index is 2.92. The molecule has 0 aromatic heterocycles. The third kappa shape index (κ3) is 2.62. The molecule has 0 bridgehead atoms. The summed E-state index contributed by atoms with van der Waals surface area (Å²) >= 11 is 5.75. The normalized spacial score (nSPS) is 10.4. The molecular formula is C9H10BrIO. The van der Waals surface area contributed by atoms with E-state index in [0.717, 1.165) is 10.2 Å². The van der Waals surface area contributed by atoms with E-state index in [1.165, 1.54) is 3.57 Å². The van der Waals surface area contributed by atoms with Crippen molar-refractivity contribution in [3.63, 3.8) is 0 Å². The SMILES string of the molecule is CC(C)Oc1cccc(I)c1Br. The molecule has 0 spiro atoms. The van der Waals surface area contributed by atoms with Crippen molar-refractivity contribution < 1.29 is 4.74 Å². The zero-order valence-electron chi connectivity index (χ0n) is 6.97. The number of hydrogen-bond donors (Lipinski definition) is 0. The van der Waals surface area contributed by atoms with Gasteiger partial charge in [0.05, 0.1) is 10.6 Å². The molecule has 66 valence electrons. The van der Waals surface area contributed by atoms with Gasteiger partial charge in [-0.1, -0.05) is 6.07 Å². The molecule has 1 rings (SSSR count). The van der Waals surface area contributed by atoms with Crippen LogP contribution < -0.4 is 4.74 Å². The van der Waals surface area contributed by atoms with Crippen LogP contribution in [0, 0.1) is 3.57 Å². The van der Waals surface area contributed by atoms with Crippen LogP contribution in [0.1, 0.15) is 13.8 Å². The fraction of sp³-hybridized carbons (Fsp3) is 0.333. The summed E-state index contributed by atoms with van der Waals surface area (Å²) in [5.74, 6) is 0.914. The second-order valence-corrected chi connectivity index (χ2v) is 4.67. The molecule has 0 saturated heterocycles. The van der Waals surface area contributed by atoms with Gasteiger partial charge in [0, 0.05) is 3.57 Å². The summed E-state index contributed by atoms with van der Waals surface area (Å²) in [6.45, 7) is 4.04. The van der Waals surface area contributed by atoms with Crippen LogP contribution in [0.15, 0.2) is 22.7 Å². The van der Waals surface area contributed by atoms with Crippen LogP contribution in [-0.4, -0.2) is 6.10 Å². The van der Waals surface area contributed by atoms with Crippen LogP contribution >= 0.6 is 38.5 Å². The lowest BCUT2D eigenvalue weighted by Gasteiger charge is -2.11. The molecule has 12 heavy (non-hydrogen) atoms. The zero-order valence-corrected chi connectivity index (χ0v) is 10.7. The van der Waals surface area contributed by atoms with Crippen molar-refractivity contribution in [2.75, 3.05) is 0 Å². The number of halogens is 2. The zero-order chi connectivity index (χ0) is 9.14. The smallest absolute Gasteiger partial charge is 0.134 e. The van der Waals surface area contributed by atoms with Gasteiger partial charge in [0.25, 0.3) is 0 Å². The molecule has 0 atom stereocenters. The minimum Gasteiger partial charge on any atom is -0.490 e. The largest absolute Gasteiger partial charge is 0.490 e. The van der Waals surface area contributed by atoms with Crippen LogP contribution in [0.5, 0.6) is 5.75 Å². The molecule has 0 aliphatic carbocycles. The average molecular weight is 341 g/mol. The van der Waals surface area contributed by atoms with E-state index in [1.54, 1.807) is 0 Å². The Hall–Kier alpha value is 0.230. The highest BCUT2D eigenvalue weighted by Crippen LogP contribution is 2.30. The summed E-state index contributed by atoms with van der Waals surface area (Å²) in [5.41, 5.74) is 0. The van der Waals surface area contributed by atoms with Crippen LogP contribution in [0.3, 0.4) is 0 Å². The third-order valence-corrected chi connectivity index (χ3v) is 3.74. The quantitative estimate of drug-likeness (QED) is 0.743. The molecule has 0 radical (unpaired) electrons. The molecule has 0 heterocycles. The summed E-state index contributed by atoms with van der Waals surface area (Å²) in [4.78, 5) is 0. The van der Waals surface area contributed by atoms with Gasteiger partial charge >= 0.3 is 0 Å². The molecule has 0 saturated carbocycles. The van der Waals surface area contributed by atoms with Crippen molar-refractivity contribution in [3.8, 4) is 5.75 Å². The van der Waals surface area contributed by atoms with Crippen molar-refractivity contribution >= 4 is 38.5 Å². The Labute approximate surface area is 94.8 Å². The first kappa shape index (κ1) is 10.3. The first-order chi connectivity index (χ1) is 5.61. The Kier molecular flexibility index (Phi) is 3.83. The van der Waals surface area contributed by atoms with E-state index in [9.17, 15) is 0 Å². The second-order valence-electron chi connectivity index (χ2n) is 2.72. The van der Waals surface area contributed by atoms with Crippen LogP contribution in [0.25, 0.3) is 0 Å². The maximum Gasteiger partial charge on any atom is 0.134 e. The van der Waals surface area contributed by atoms with Gasteiger partial charge in [-0.05, 0) is 64.5 Å². The Morgan fingerprint density at radius 3 is 2.67 bits per heavy atom. The topological polar surface area (TPSA) is 9.23 Å². The van der Waals surface area contributed by atoms with Gasteiger partial charge in [-0.2, -0.15) is 0 Å². The maximum absolute atomic E-state index is 5.57. The summed E-state index contributed by atoms with van der Waals surface area (Å²) in [5, 5.41) is 0. The molecule has 0 amide bonds. The van der Waals surface area contributed by atoms with Gasteiger partial charge in [0.15, 0.2) is 0 Å². The van der Waals surface area contributed by atoms with E-state index in [-0.39, 0.29) is 6.10 Å². The van der Waals surface area contributed by atoms with E-state index >= 15 is 0 Å². The van der Waals surface area contributed by atoms with E-state index in [4.69, 9.17) is 4.74 Å². The Morgan fingerprint density at radius 2 is 2.08 bits per heavy atom. The summed E-state index contributed by atoms with van der Waals surface area (Å²) in [7, 11) is 0. The molecule has 0 aliphatic rings. The monoisotopic (exact) mass is 340 g/mol. The minimum atomic E-state index is 0.222. The highest BCUT2D eigenvalue weighted by molar-refractivity contribution is 14.1. The van der Waals surface area contributed by atoms with Crippen molar-refractivity contribution in [2.24, 2.45) is 0 Å². The average Bonchev–Trinajstić information content (AvgIpc) is 1.98. The molecule has 0 N–H and O–H groups in total. The van der Waals surface area contributed by atoms with Crippen molar-refractivity contribution in [3.05, 3.63) is 26.2 Å². The van der Waals surface area contributed by atoms with Gasteiger partial charge in [-0.15, -0.1) is 0 Å². The van der Waals surface area contributed by atoms with E-state index in [1.807, 2.05) is 32.0 Å². The van der Waals surface area contributed by atoms with Crippen LogP contribution in [-0.2, 0) is 0 Å². The van der Waals surface area contributed by atoms with Gasteiger partial charge < -0.3 is 4.74 Å². The van der Waals surface area contributed by atoms with E-state index < -0.39 is 0 Å². The van der Waals surface area contributed by atoms with Crippen molar-refractivity contribution in [2.45, 2.75) is 20.0 Å². The highest BCUT2D eigenvalue weighted by Gasteiger charge is 2.05. The van der Waals surface area contributed by atoms with Crippen molar-refractivity contribution in [1.29, 1.82) is 0 Å². The van der Waals surface area contributed by atoms with Gasteiger partial charge in [0.2, 0.25) is 0 Å². The fourth-order valence-corrected chi connectivity index (χ4v) is 1.66. The van der Waals surface area contributed by atoms with Gasteiger partial charge in [0.1, 0.15) is 5.75 Å². The van der Waals surface area contributed by atoms with E-state index in [0.29, 0.717) is 0 Å². The predicted molar refractivity (Wildman–Crippen MR) is 62.6 cm³/mol. The number of ether oxygens (including phenoxy) is 1. The molecule has 0 aliphatic heterocycles. The highest BCUT2D eigenvalue weighted by atomic mass is 127. The molecule has 1 nitrogen and oxygen atoms in total. The third-order valence-electron chi connectivity index (χ3n) is 1.28. The first-order valence-corrected chi connectivity index (χ1v) is 5.59. The van der Waals surface area contributed by atoms with Gasteiger partial charge in [-0.3, -0.25) is 0 Å². The van der Waals surface area contributed by atoms with Gasteiger partial charge in [-0.25, -0.2) is 0 Å². The van der Waals surface area contributed by atoms with Crippen LogP contribution in [0.2, 0.25) is 0 Å². The standard InChI is InChI=1S/C9H10BrIO/c1-6(2)12-8-5-3-4-7(11)9(8)10/h3-6H,1-2H3. The molecule has 0 unspecified atom stereocenters. The maximum atomic E-state index is 5.57. The molecular weight excluding hydrogens is 331 g/mol. The molecule has 3 heteroatoms. The Bertz CT molecular complexity index is 273. The van der Waals surface area contributed by atoms with E-state index in [2.05, 4.69) is 38.5 Å². The van der Waals surface area contributed by atoms with Crippen molar-refractivity contribution in [1.82, 2.24) is 0 Å². The number of rotatable bonds is 2. The lowest BCUT2D eigenvalue weighted by molar-refractivity contribution is 0.240. The summed E-state index contributed by atoms with van der Waals surface area (Å²) < 4.78 is 7.79. The number of hydrogen-bond acceptors (Lipinski definition) is 1. The molecule has 1 aromatic carbocycles. The predicted octanol–water partition coefficient (Wildman–Crippen LogP) is 3.84. The minimum absolute atomic E-state index is 0.222. The lowest BCUT2D eigenvalue weighted by atomic mass is 10.3. The lowest BCUT2D eigenvalue weighted by Crippen LogP contribution is -2.06. The summed E-state index contributed by atoms with van der Waals surface area (Å²) in [6, 6.07) is 5.99. The fourth-order valence-electron chi connectivity index (χ4n) is 0.829. The van der Waals surface area contributed by atoms with Crippen LogP contribution in [0.4, 0.5) is 0 Å². The first-order valence-electron chi connectivity index (χ1n) is 3.72. The molecule has 0 fully saturated rings. The number of benzene rings is 1. The Morgan fingerprint density at radius 1 is 1.42 bits per heavy atom.